The zero-order chi connectivity index (χ0) is 20.4. The van der Waals surface area contributed by atoms with E-state index >= 15 is 0 Å². The SMILES string of the molecule is Cc1ccc(N[C@@H](c2nnc(-c3ccccc3)o2)c2ccc(F)cc2Cl)cc1F. The van der Waals surface area contributed by atoms with Gasteiger partial charge in [-0.25, -0.2) is 8.78 Å². The van der Waals surface area contributed by atoms with Crippen LogP contribution in [0.3, 0.4) is 0 Å². The van der Waals surface area contributed by atoms with Crippen molar-refractivity contribution < 1.29 is 13.2 Å². The van der Waals surface area contributed by atoms with Crippen molar-refractivity contribution in [1.82, 2.24) is 10.2 Å². The van der Waals surface area contributed by atoms with Gasteiger partial charge in [-0.15, -0.1) is 10.2 Å². The summed E-state index contributed by atoms with van der Waals surface area (Å²) >= 11 is 6.28. The van der Waals surface area contributed by atoms with Crippen LogP contribution in [0.25, 0.3) is 11.5 Å². The number of hydrogen-bond acceptors (Lipinski definition) is 4. The maximum atomic E-state index is 14.0. The molecular formula is C22H16ClF2N3O. The monoisotopic (exact) mass is 411 g/mol. The molecule has 0 bridgehead atoms. The summed E-state index contributed by atoms with van der Waals surface area (Å²) < 4.78 is 33.4. The highest BCUT2D eigenvalue weighted by Crippen LogP contribution is 2.33. The predicted octanol–water partition coefficient (Wildman–Crippen LogP) is 6.18. The van der Waals surface area contributed by atoms with Crippen molar-refractivity contribution in [3.05, 3.63) is 100 Å². The van der Waals surface area contributed by atoms with Gasteiger partial charge in [0.1, 0.15) is 17.7 Å². The molecule has 4 rings (SSSR count). The Morgan fingerprint density at radius 3 is 2.48 bits per heavy atom. The number of nitrogens with one attached hydrogen (secondary N) is 1. The standard InChI is InChI=1S/C22H16ClF2N3O/c1-13-7-9-16(12-19(13)25)26-20(17-10-8-15(24)11-18(17)23)22-28-27-21(29-22)14-5-3-2-4-6-14/h2-12,20,26H,1H3/t20-/m1/s1. The van der Waals surface area contributed by atoms with Crippen molar-refractivity contribution in [2.45, 2.75) is 13.0 Å². The van der Waals surface area contributed by atoms with E-state index in [0.29, 0.717) is 22.7 Å². The minimum atomic E-state index is -0.699. The molecule has 0 fully saturated rings. The molecule has 0 aliphatic carbocycles. The average Bonchev–Trinajstić information content (AvgIpc) is 3.20. The number of aryl methyl sites for hydroxylation is 1. The second-order valence-electron chi connectivity index (χ2n) is 6.52. The van der Waals surface area contributed by atoms with Crippen LogP contribution >= 0.6 is 11.6 Å². The average molecular weight is 412 g/mol. The lowest BCUT2D eigenvalue weighted by atomic mass is 10.1. The number of benzene rings is 3. The Bertz CT molecular complexity index is 1150. The zero-order valence-electron chi connectivity index (χ0n) is 15.4. The van der Waals surface area contributed by atoms with Crippen LogP contribution in [0.2, 0.25) is 5.02 Å². The van der Waals surface area contributed by atoms with Crippen LogP contribution in [0.5, 0.6) is 0 Å². The summed E-state index contributed by atoms with van der Waals surface area (Å²) in [7, 11) is 0. The van der Waals surface area contributed by atoms with Crippen LogP contribution in [0.1, 0.15) is 23.1 Å². The molecule has 1 aromatic heterocycles. The van der Waals surface area contributed by atoms with Crippen molar-refractivity contribution in [2.75, 3.05) is 5.32 Å². The molecule has 0 radical (unpaired) electrons. The van der Waals surface area contributed by atoms with E-state index in [2.05, 4.69) is 15.5 Å². The number of anilines is 1. The zero-order valence-corrected chi connectivity index (χ0v) is 16.1. The van der Waals surface area contributed by atoms with Gasteiger partial charge < -0.3 is 9.73 Å². The third-order valence-corrected chi connectivity index (χ3v) is 4.79. The third kappa shape index (κ3) is 4.12. The Balaban J connectivity index is 1.76. The van der Waals surface area contributed by atoms with Gasteiger partial charge in [-0.3, -0.25) is 0 Å². The first kappa shape index (κ1) is 19.1. The van der Waals surface area contributed by atoms with Crippen molar-refractivity contribution in [1.29, 1.82) is 0 Å². The molecule has 146 valence electrons. The van der Waals surface area contributed by atoms with Crippen LogP contribution in [-0.2, 0) is 0 Å². The summed E-state index contributed by atoms with van der Waals surface area (Å²) in [5.74, 6) is -0.261. The Kier molecular flexibility index (Phi) is 5.27. The van der Waals surface area contributed by atoms with Gasteiger partial charge in [0.15, 0.2) is 0 Å². The number of aromatic nitrogens is 2. The Labute approximate surface area is 171 Å². The minimum absolute atomic E-state index is 0.189. The molecule has 0 amide bonds. The Morgan fingerprint density at radius 2 is 1.76 bits per heavy atom. The van der Waals surface area contributed by atoms with Crippen LogP contribution in [0, 0.1) is 18.6 Å². The molecule has 0 aliphatic heterocycles. The van der Waals surface area contributed by atoms with E-state index in [1.54, 1.807) is 19.1 Å². The number of rotatable bonds is 5. The normalized spacial score (nSPS) is 12.0. The molecule has 0 aliphatic rings. The maximum Gasteiger partial charge on any atom is 0.247 e. The van der Waals surface area contributed by atoms with E-state index in [-0.39, 0.29) is 16.7 Å². The maximum absolute atomic E-state index is 14.0. The molecule has 3 aromatic carbocycles. The summed E-state index contributed by atoms with van der Waals surface area (Å²) in [5.41, 5.74) is 2.31. The van der Waals surface area contributed by atoms with E-state index in [4.69, 9.17) is 16.0 Å². The van der Waals surface area contributed by atoms with E-state index in [0.717, 1.165) is 5.56 Å². The highest BCUT2D eigenvalue weighted by Gasteiger charge is 2.24. The van der Waals surface area contributed by atoms with Crippen LogP contribution in [0.4, 0.5) is 14.5 Å². The fraction of sp³-hybridized carbons (Fsp3) is 0.0909. The van der Waals surface area contributed by atoms with Crippen molar-refractivity contribution in [3.8, 4) is 11.5 Å². The number of halogens is 3. The summed E-state index contributed by atoms with van der Waals surface area (Å²) in [6.07, 6.45) is 0. The molecule has 0 unspecified atom stereocenters. The fourth-order valence-corrected chi connectivity index (χ4v) is 3.18. The second-order valence-corrected chi connectivity index (χ2v) is 6.93. The van der Waals surface area contributed by atoms with Crippen LogP contribution < -0.4 is 5.32 Å². The van der Waals surface area contributed by atoms with Gasteiger partial charge in [0.05, 0.1) is 0 Å². The smallest absolute Gasteiger partial charge is 0.247 e. The summed E-state index contributed by atoms with van der Waals surface area (Å²) in [6.45, 7) is 1.68. The molecule has 0 spiro atoms. The third-order valence-electron chi connectivity index (χ3n) is 4.46. The largest absolute Gasteiger partial charge is 0.418 e. The molecule has 29 heavy (non-hydrogen) atoms. The lowest BCUT2D eigenvalue weighted by molar-refractivity contribution is 0.493. The number of nitrogens with zero attached hydrogens (tertiary/aromatic N) is 2. The van der Waals surface area contributed by atoms with Gasteiger partial charge in [0, 0.05) is 21.8 Å². The highest BCUT2D eigenvalue weighted by atomic mass is 35.5. The Hall–Kier alpha value is -3.25. The molecule has 1 atom stereocenters. The first-order valence-electron chi connectivity index (χ1n) is 8.88. The van der Waals surface area contributed by atoms with Gasteiger partial charge in [0.2, 0.25) is 11.8 Å². The van der Waals surface area contributed by atoms with Gasteiger partial charge >= 0.3 is 0 Å². The van der Waals surface area contributed by atoms with E-state index in [9.17, 15) is 8.78 Å². The molecule has 4 nitrogen and oxygen atoms in total. The van der Waals surface area contributed by atoms with Crippen molar-refractivity contribution in [3.63, 3.8) is 0 Å². The minimum Gasteiger partial charge on any atom is -0.418 e. The Morgan fingerprint density at radius 1 is 0.966 bits per heavy atom. The van der Waals surface area contributed by atoms with E-state index in [1.165, 1.54) is 24.3 Å². The van der Waals surface area contributed by atoms with Gasteiger partial charge in [0.25, 0.3) is 0 Å². The molecule has 1 N–H and O–H groups in total. The number of hydrogen-bond donors (Lipinski definition) is 1. The molecule has 0 saturated heterocycles. The molecule has 7 heteroatoms. The highest BCUT2D eigenvalue weighted by molar-refractivity contribution is 6.31. The van der Waals surface area contributed by atoms with E-state index < -0.39 is 11.9 Å². The lowest BCUT2D eigenvalue weighted by Gasteiger charge is -2.18. The summed E-state index contributed by atoms with van der Waals surface area (Å²) in [5, 5.41) is 11.6. The van der Waals surface area contributed by atoms with Gasteiger partial charge in [-0.05, 0) is 48.9 Å². The molecule has 0 saturated carbocycles. The van der Waals surface area contributed by atoms with Crippen LogP contribution in [-0.4, -0.2) is 10.2 Å². The molecular weight excluding hydrogens is 396 g/mol. The fourth-order valence-electron chi connectivity index (χ4n) is 2.91. The predicted molar refractivity (Wildman–Crippen MR) is 108 cm³/mol. The molecule has 1 heterocycles. The first-order chi connectivity index (χ1) is 14.0. The second kappa shape index (κ2) is 8.01. The summed E-state index contributed by atoms with van der Waals surface area (Å²) in [6, 6.07) is 17.4. The van der Waals surface area contributed by atoms with E-state index in [1.807, 2.05) is 30.3 Å². The molecule has 4 aromatic rings. The summed E-state index contributed by atoms with van der Waals surface area (Å²) in [4.78, 5) is 0. The quantitative estimate of drug-likeness (QED) is 0.426. The van der Waals surface area contributed by atoms with Crippen molar-refractivity contribution in [2.24, 2.45) is 0 Å². The topological polar surface area (TPSA) is 51.0 Å². The first-order valence-corrected chi connectivity index (χ1v) is 9.25. The van der Waals surface area contributed by atoms with Gasteiger partial charge in [-0.2, -0.15) is 0 Å². The van der Waals surface area contributed by atoms with Crippen LogP contribution in [0.15, 0.2) is 71.1 Å². The lowest BCUT2D eigenvalue weighted by Crippen LogP contribution is -2.14. The van der Waals surface area contributed by atoms with Gasteiger partial charge in [-0.1, -0.05) is 41.9 Å². The van der Waals surface area contributed by atoms with Crippen molar-refractivity contribution >= 4 is 17.3 Å².